The van der Waals surface area contributed by atoms with Gasteiger partial charge in [-0.3, -0.25) is 4.99 Å². The van der Waals surface area contributed by atoms with Gasteiger partial charge >= 0.3 is 0 Å². The molecule has 1 saturated carbocycles. The van der Waals surface area contributed by atoms with Gasteiger partial charge in [0.2, 0.25) is 0 Å². The lowest BCUT2D eigenvalue weighted by molar-refractivity contribution is 0.137. The largest absolute Gasteiger partial charge is 0.396 e. The van der Waals surface area contributed by atoms with E-state index in [1.165, 1.54) is 32.1 Å². The first-order valence-corrected chi connectivity index (χ1v) is 8.97. The Kier molecular flexibility index (Phi) is 13.2. The first-order valence-electron chi connectivity index (χ1n) is 8.97. The molecular formula is C17H37IN4O. The monoisotopic (exact) mass is 440 g/mol. The molecule has 6 heteroatoms. The number of guanidine groups is 1. The van der Waals surface area contributed by atoms with Gasteiger partial charge in [0, 0.05) is 32.8 Å². The Morgan fingerprint density at radius 2 is 1.87 bits per heavy atom. The van der Waals surface area contributed by atoms with Gasteiger partial charge in [0.1, 0.15) is 0 Å². The number of rotatable bonds is 9. The molecule has 1 aliphatic carbocycles. The molecule has 0 spiro atoms. The number of halogens is 1. The van der Waals surface area contributed by atoms with Crippen molar-refractivity contribution < 1.29 is 5.11 Å². The van der Waals surface area contributed by atoms with Crippen LogP contribution in [0.25, 0.3) is 0 Å². The van der Waals surface area contributed by atoms with Crippen LogP contribution in [0.4, 0.5) is 0 Å². The lowest BCUT2D eigenvalue weighted by Gasteiger charge is -2.35. The van der Waals surface area contributed by atoms with Gasteiger partial charge in [-0.05, 0) is 45.2 Å². The summed E-state index contributed by atoms with van der Waals surface area (Å²) < 4.78 is 0. The molecule has 0 aromatic heterocycles. The van der Waals surface area contributed by atoms with Crippen molar-refractivity contribution in [1.29, 1.82) is 0 Å². The van der Waals surface area contributed by atoms with Crippen LogP contribution in [0, 0.1) is 5.41 Å². The average Bonchev–Trinajstić information content (AvgIpc) is 2.53. The fourth-order valence-corrected chi connectivity index (χ4v) is 3.14. The molecule has 0 aliphatic heterocycles. The Hall–Kier alpha value is -0.0800. The molecule has 0 radical (unpaired) electrons. The molecular weight excluding hydrogens is 403 g/mol. The second-order valence-electron chi connectivity index (χ2n) is 6.55. The normalized spacial score (nSPS) is 17.7. The van der Waals surface area contributed by atoms with E-state index in [-0.39, 0.29) is 36.0 Å². The van der Waals surface area contributed by atoms with Crippen molar-refractivity contribution in [2.45, 2.75) is 52.4 Å². The van der Waals surface area contributed by atoms with Crippen LogP contribution < -0.4 is 10.6 Å². The van der Waals surface area contributed by atoms with Crippen molar-refractivity contribution >= 4 is 29.9 Å². The quantitative estimate of drug-likeness (QED) is 0.293. The van der Waals surface area contributed by atoms with Crippen molar-refractivity contribution in [2.24, 2.45) is 10.4 Å². The third kappa shape index (κ3) is 9.10. The van der Waals surface area contributed by atoms with Crippen LogP contribution in [-0.2, 0) is 0 Å². The molecule has 1 aliphatic rings. The third-order valence-corrected chi connectivity index (χ3v) is 4.80. The number of aliphatic imine (C=N–C) groups is 1. The number of aliphatic hydroxyl groups excluding tert-OH is 1. The van der Waals surface area contributed by atoms with Gasteiger partial charge in [0.05, 0.1) is 0 Å². The van der Waals surface area contributed by atoms with Crippen LogP contribution in [-0.4, -0.2) is 62.3 Å². The number of hydrogen-bond donors (Lipinski definition) is 3. The van der Waals surface area contributed by atoms with E-state index in [4.69, 9.17) is 4.99 Å². The summed E-state index contributed by atoms with van der Waals surface area (Å²) in [5.74, 6) is 0.912. The molecule has 0 heterocycles. The van der Waals surface area contributed by atoms with Crippen molar-refractivity contribution in [3.63, 3.8) is 0 Å². The summed E-state index contributed by atoms with van der Waals surface area (Å²) in [6.07, 6.45) is 7.18. The Morgan fingerprint density at radius 1 is 1.17 bits per heavy atom. The van der Waals surface area contributed by atoms with Crippen LogP contribution >= 0.6 is 24.0 Å². The van der Waals surface area contributed by atoms with Crippen molar-refractivity contribution in [1.82, 2.24) is 15.5 Å². The highest BCUT2D eigenvalue weighted by atomic mass is 127. The second kappa shape index (κ2) is 13.2. The summed E-state index contributed by atoms with van der Waals surface area (Å²) in [6, 6.07) is 0. The molecule has 0 saturated heterocycles. The summed E-state index contributed by atoms with van der Waals surface area (Å²) in [7, 11) is 2.13. The molecule has 0 aromatic carbocycles. The lowest BCUT2D eigenvalue weighted by Crippen LogP contribution is -2.42. The highest BCUT2D eigenvalue weighted by molar-refractivity contribution is 14.0. The Morgan fingerprint density at radius 3 is 2.43 bits per heavy atom. The van der Waals surface area contributed by atoms with Crippen LogP contribution in [0.3, 0.4) is 0 Å². The van der Waals surface area contributed by atoms with E-state index in [2.05, 4.69) is 36.4 Å². The summed E-state index contributed by atoms with van der Waals surface area (Å²) in [5.41, 5.74) is 0.218. The number of likely N-dealkylation sites (N-methyl/N-ethyl adjacent to an activating group) is 1. The van der Waals surface area contributed by atoms with Crippen molar-refractivity contribution in [3.05, 3.63) is 0 Å². The fraction of sp³-hybridized carbons (Fsp3) is 0.941. The van der Waals surface area contributed by atoms with Crippen molar-refractivity contribution in [2.75, 3.05) is 46.4 Å². The highest BCUT2D eigenvalue weighted by Gasteiger charge is 2.31. The maximum atomic E-state index is 9.40. The zero-order chi connectivity index (χ0) is 16.3. The molecule has 0 amide bonds. The molecule has 1 fully saturated rings. The van der Waals surface area contributed by atoms with E-state index < -0.39 is 0 Å². The molecule has 5 nitrogen and oxygen atoms in total. The van der Waals surface area contributed by atoms with Gasteiger partial charge in [-0.15, -0.1) is 24.0 Å². The van der Waals surface area contributed by atoms with Crippen LogP contribution in [0.5, 0.6) is 0 Å². The highest BCUT2D eigenvalue weighted by Crippen LogP contribution is 2.39. The predicted octanol–water partition coefficient (Wildman–Crippen LogP) is 2.44. The van der Waals surface area contributed by atoms with E-state index in [1.54, 1.807) is 0 Å². The molecule has 0 bridgehead atoms. The number of nitrogens with zero attached hydrogens (tertiary/aromatic N) is 2. The molecule has 1 rings (SSSR count). The maximum absolute atomic E-state index is 9.40. The van der Waals surface area contributed by atoms with E-state index in [0.29, 0.717) is 0 Å². The van der Waals surface area contributed by atoms with Gasteiger partial charge in [0.25, 0.3) is 0 Å². The summed E-state index contributed by atoms with van der Waals surface area (Å²) in [4.78, 5) is 7.10. The number of aliphatic hydroxyl groups is 1. The molecule has 138 valence electrons. The van der Waals surface area contributed by atoms with E-state index >= 15 is 0 Å². The second-order valence-corrected chi connectivity index (χ2v) is 6.55. The first-order chi connectivity index (χ1) is 10.7. The van der Waals surface area contributed by atoms with E-state index in [0.717, 1.165) is 45.1 Å². The van der Waals surface area contributed by atoms with Crippen LogP contribution in [0.15, 0.2) is 4.99 Å². The molecule has 0 unspecified atom stereocenters. The number of hydrogen-bond acceptors (Lipinski definition) is 3. The molecule has 0 aromatic rings. The minimum atomic E-state index is 0. The zero-order valence-corrected chi connectivity index (χ0v) is 17.6. The Bertz CT molecular complexity index is 314. The number of nitrogens with one attached hydrogen (secondary N) is 2. The minimum Gasteiger partial charge on any atom is -0.396 e. The maximum Gasteiger partial charge on any atom is 0.191 e. The van der Waals surface area contributed by atoms with Crippen LogP contribution in [0.1, 0.15) is 52.4 Å². The third-order valence-electron chi connectivity index (χ3n) is 4.80. The topological polar surface area (TPSA) is 59.9 Å². The fourth-order valence-electron chi connectivity index (χ4n) is 3.14. The van der Waals surface area contributed by atoms with Gasteiger partial charge in [0.15, 0.2) is 5.96 Å². The van der Waals surface area contributed by atoms with Gasteiger partial charge in [-0.25, -0.2) is 0 Å². The predicted molar refractivity (Wildman–Crippen MR) is 110 cm³/mol. The standard InChI is InChI=1S/C17H36N4O.HI/c1-4-18-16(19-12-13-21(3)5-2)20-15-17(11-14-22)9-7-6-8-10-17;/h22H,4-15H2,1-3H3,(H2,18,19,20);1H. The molecule has 3 N–H and O–H groups in total. The van der Waals surface area contributed by atoms with Gasteiger partial charge in [-0.2, -0.15) is 0 Å². The van der Waals surface area contributed by atoms with E-state index in [1.807, 2.05) is 0 Å². The zero-order valence-electron chi connectivity index (χ0n) is 15.2. The molecule has 23 heavy (non-hydrogen) atoms. The minimum absolute atomic E-state index is 0. The lowest BCUT2D eigenvalue weighted by atomic mass is 9.72. The summed E-state index contributed by atoms with van der Waals surface area (Å²) in [6.45, 7) is 9.23. The summed E-state index contributed by atoms with van der Waals surface area (Å²) in [5, 5.41) is 16.1. The van der Waals surface area contributed by atoms with Gasteiger partial charge in [-0.1, -0.05) is 26.2 Å². The Labute approximate surface area is 159 Å². The Balaban J connectivity index is 0.00000484. The summed E-state index contributed by atoms with van der Waals surface area (Å²) >= 11 is 0. The first kappa shape index (κ1) is 22.9. The van der Waals surface area contributed by atoms with Crippen LogP contribution in [0.2, 0.25) is 0 Å². The smallest absolute Gasteiger partial charge is 0.191 e. The molecule has 0 atom stereocenters. The average molecular weight is 440 g/mol. The SMILES string of the molecule is CCNC(=NCC1(CCO)CCCCC1)NCCN(C)CC.I. The van der Waals surface area contributed by atoms with E-state index in [9.17, 15) is 5.11 Å². The van der Waals surface area contributed by atoms with Gasteiger partial charge < -0.3 is 20.6 Å². The van der Waals surface area contributed by atoms with Crippen molar-refractivity contribution in [3.8, 4) is 0 Å².